The monoisotopic (exact) mass is 227 g/mol. The second-order valence-electron chi connectivity index (χ2n) is 5.49. The maximum absolute atomic E-state index is 3.56. The standard InChI is InChI=1S/C13H29N3/c1-5-6-16(8-7-15(3)4)13-9-12(2)10-14-11-13/h12-14H,5-11H2,1-4H3. The van der Waals surface area contributed by atoms with Crippen LogP contribution in [0.3, 0.4) is 0 Å². The predicted molar refractivity (Wildman–Crippen MR) is 70.9 cm³/mol. The van der Waals surface area contributed by atoms with Crippen LogP contribution < -0.4 is 5.32 Å². The molecule has 0 aromatic heterocycles. The van der Waals surface area contributed by atoms with Crippen LogP contribution in [0.2, 0.25) is 0 Å². The van der Waals surface area contributed by atoms with Crippen molar-refractivity contribution in [3.05, 3.63) is 0 Å². The van der Waals surface area contributed by atoms with E-state index in [0.29, 0.717) is 0 Å². The molecule has 0 bridgehead atoms. The average Bonchev–Trinajstić information content (AvgIpc) is 2.24. The third-order valence-electron chi connectivity index (χ3n) is 3.41. The smallest absolute Gasteiger partial charge is 0.0224 e. The maximum Gasteiger partial charge on any atom is 0.0224 e. The van der Waals surface area contributed by atoms with Gasteiger partial charge < -0.3 is 10.2 Å². The highest BCUT2D eigenvalue weighted by Crippen LogP contribution is 2.15. The summed E-state index contributed by atoms with van der Waals surface area (Å²) in [5.74, 6) is 0.831. The topological polar surface area (TPSA) is 18.5 Å². The van der Waals surface area contributed by atoms with Crippen LogP contribution >= 0.6 is 0 Å². The van der Waals surface area contributed by atoms with Crippen molar-refractivity contribution in [3.8, 4) is 0 Å². The molecule has 16 heavy (non-hydrogen) atoms. The van der Waals surface area contributed by atoms with Gasteiger partial charge in [0.15, 0.2) is 0 Å². The van der Waals surface area contributed by atoms with E-state index in [2.05, 4.69) is 43.1 Å². The van der Waals surface area contributed by atoms with Crippen molar-refractivity contribution >= 4 is 0 Å². The molecule has 0 saturated carbocycles. The van der Waals surface area contributed by atoms with Crippen LogP contribution in [-0.4, -0.2) is 62.7 Å². The summed E-state index contributed by atoms with van der Waals surface area (Å²) < 4.78 is 0. The zero-order valence-corrected chi connectivity index (χ0v) is 11.5. The number of likely N-dealkylation sites (N-methyl/N-ethyl adjacent to an activating group) is 1. The van der Waals surface area contributed by atoms with E-state index in [0.717, 1.165) is 12.0 Å². The van der Waals surface area contributed by atoms with Gasteiger partial charge in [-0.1, -0.05) is 13.8 Å². The fraction of sp³-hybridized carbons (Fsp3) is 1.00. The molecule has 0 aliphatic carbocycles. The summed E-state index contributed by atoms with van der Waals surface area (Å²) in [6, 6.07) is 0.753. The highest BCUT2D eigenvalue weighted by molar-refractivity contribution is 4.81. The first-order valence-corrected chi connectivity index (χ1v) is 6.73. The molecule has 1 rings (SSSR count). The summed E-state index contributed by atoms with van der Waals surface area (Å²) >= 11 is 0. The molecule has 2 unspecified atom stereocenters. The largest absolute Gasteiger partial charge is 0.315 e. The Morgan fingerprint density at radius 3 is 2.44 bits per heavy atom. The summed E-state index contributed by atoms with van der Waals surface area (Å²) in [7, 11) is 4.32. The number of hydrogen-bond acceptors (Lipinski definition) is 3. The molecule has 3 heteroatoms. The van der Waals surface area contributed by atoms with E-state index < -0.39 is 0 Å². The number of nitrogens with zero attached hydrogens (tertiary/aromatic N) is 2. The van der Waals surface area contributed by atoms with E-state index in [1.807, 2.05) is 0 Å². The number of rotatable bonds is 6. The van der Waals surface area contributed by atoms with Crippen molar-refractivity contribution in [2.45, 2.75) is 32.7 Å². The second-order valence-corrected chi connectivity index (χ2v) is 5.49. The molecule has 3 nitrogen and oxygen atoms in total. The predicted octanol–water partition coefficient (Wildman–Crippen LogP) is 1.26. The molecule has 0 spiro atoms. The Hall–Kier alpha value is -0.120. The summed E-state index contributed by atoms with van der Waals surface area (Å²) in [4.78, 5) is 4.95. The first-order valence-electron chi connectivity index (χ1n) is 6.73. The first kappa shape index (κ1) is 13.9. The third-order valence-corrected chi connectivity index (χ3v) is 3.41. The second kappa shape index (κ2) is 7.25. The van der Waals surface area contributed by atoms with E-state index in [1.165, 1.54) is 45.6 Å². The minimum absolute atomic E-state index is 0.753. The highest BCUT2D eigenvalue weighted by atomic mass is 15.2. The van der Waals surface area contributed by atoms with Crippen molar-refractivity contribution in [3.63, 3.8) is 0 Å². The van der Waals surface area contributed by atoms with Gasteiger partial charge in [-0.25, -0.2) is 0 Å². The van der Waals surface area contributed by atoms with Gasteiger partial charge in [-0.15, -0.1) is 0 Å². The molecule has 1 aliphatic rings. The van der Waals surface area contributed by atoms with Gasteiger partial charge in [0.2, 0.25) is 0 Å². The summed E-state index contributed by atoms with van der Waals surface area (Å²) in [5, 5.41) is 3.56. The van der Waals surface area contributed by atoms with E-state index in [-0.39, 0.29) is 0 Å². The van der Waals surface area contributed by atoms with Crippen molar-refractivity contribution in [2.24, 2.45) is 5.92 Å². The van der Waals surface area contributed by atoms with Crippen molar-refractivity contribution in [2.75, 3.05) is 46.8 Å². The minimum Gasteiger partial charge on any atom is -0.315 e. The van der Waals surface area contributed by atoms with Crippen LogP contribution in [0.15, 0.2) is 0 Å². The normalized spacial score (nSPS) is 26.6. The van der Waals surface area contributed by atoms with Crippen molar-refractivity contribution < 1.29 is 0 Å². The van der Waals surface area contributed by atoms with E-state index in [4.69, 9.17) is 0 Å². The van der Waals surface area contributed by atoms with Crippen LogP contribution in [0.4, 0.5) is 0 Å². The summed E-state index contributed by atoms with van der Waals surface area (Å²) in [5.41, 5.74) is 0. The first-order chi connectivity index (χ1) is 7.63. The third kappa shape index (κ3) is 4.81. The zero-order valence-electron chi connectivity index (χ0n) is 11.5. The maximum atomic E-state index is 3.56. The lowest BCUT2D eigenvalue weighted by atomic mass is 9.96. The molecule has 1 N–H and O–H groups in total. The van der Waals surface area contributed by atoms with Crippen LogP contribution in [0, 0.1) is 5.92 Å². The highest BCUT2D eigenvalue weighted by Gasteiger charge is 2.23. The number of piperidine rings is 1. The van der Waals surface area contributed by atoms with Crippen molar-refractivity contribution in [1.82, 2.24) is 15.1 Å². The Kier molecular flexibility index (Phi) is 6.32. The van der Waals surface area contributed by atoms with Gasteiger partial charge in [0.25, 0.3) is 0 Å². The Bertz CT molecular complexity index is 182. The van der Waals surface area contributed by atoms with Crippen LogP contribution in [0.5, 0.6) is 0 Å². The molecular formula is C13H29N3. The van der Waals surface area contributed by atoms with Gasteiger partial charge >= 0.3 is 0 Å². The van der Waals surface area contributed by atoms with Gasteiger partial charge in [0, 0.05) is 25.7 Å². The molecular weight excluding hydrogens is 198 g/mol. The SMILES string of the molecule is CCCN(CCN(C)C)C1CNCC(C)C1. The van der Waals surface area contributed by atoms with E-state index in [9.17, 15) is 0 Å². The number of nitrogens with one attached hydrogen (secondary N) is 1. The van der Waals surface area contributed by atoms with Gasteiger partial charge in [-0.05, 0) is 45.9 Å². The van der Waals surface area contributed by atoms with E-state index >= 15 is 0 Å². The molecule has 0 amide bonds. The molecule has 1 aliphatic heterocycles. The molecule has 1 fully saturated rings. The molecule has 1 heterocycles. The molecule has 0 aromatic rings. The van der Waals surface area contributed by atoms with Gasteiger partial charge in [-0.2, -0.15) is 0 Å². The van der Waals surface area contributed by atoms with Crippen LogP contribution in [0.25, 0.3) is 0 Å². The molecule has 0 radical (unpaired) electrons. The lowest BCUT2D eigenvalue weighted by Crippen LogP contribution is -2.50. The van der Waals surface area contributed by atoms with Gasteiger partial charge in [0.1, 0.15) is 0 Å². The molecule has 1 saturated heterocycles. The zero-order chi connectivity index (χ0) is 12.0. The lowest BCUT2D eigenvalue weighted by molar-refractivity contribution is 0.135. The van der Waals surface area contributed by atoms with E-state index in [1.54, 1.807) is 0 Å². The summed E-state index contributed by atoms with van der Waals surface area (Å²) in [6.45, 7) is 10.6. The average molecular weight is 227 g/mol. The Morgan fingerprint density at radius 2 is 1.88 bits per heavy atom. The molecule has 0 aromatic carbocycles. The van der Waals surface area contributed by atoms with Crippen molar-refractivity contribution in [1.29, 1.82) is 0 Å². The Balaban J connectivity index is 2.40. The van der Waals surface area contributed by atoms with Gasteiger partial charge in [-0.3, -0.25) is 4.90 Å². The molecule has 96 valence electrons. The van der Waals surface area contributed by atoms with Crippen LogP contribution in [0.1, 0.15) is 26.7 Å². The molecule has 2 atom stereocenters. The fourth-order valence-electron chi connectivity index (χ4n) is 2.50. The number of hydrogen-bond donors (Lipinski definition) is 1. The Morgan fingerprint density at radius 1 is 1.12 bits per heavy atom. The minimum atomic E-state index is 0.753. The Labute approximate surface area is 101 Å². The lowest BCUT2D eigenvalue weighted by Gasteiger charge is -2.37. The van der Waals surface area contributed by atoms with Gasteiger partial charge in [0.05, 0.1) is 0 Å². The van der Waals surface area contributed by atoms with Crippen LogP contribution in [-0.2, 0) is 0 Å². The fourth-order valence-corrected chi connectivity index (χ4v) is 2.50. The quantitative estimate of drug-likeness (QED) is 0.737. The summed E-state index contributed by atoms with van der Waals surface area (Å²) in [6.07, 6.45) is 2.62.